The molecule has 0 spiro atoms. The van der Waals surface area contributed by atoms with E-state index in [0.717, 1.165) is 6.07 Å². The minimum Gasteiger partial charge on any atom is -0.389 e. The Labute approximate surface area is 119 Å². The molecule has 0 fully saturated rings. The third-order valence-electron chi connectivity index (χ3n) is 2.31. The monoisotopic (exact) mass is 312 g/mol. The lowest BCUT2D eigenvalue weighted by molar-refractivity contribution is 0.594. The van der Waals surface area contributed by atoms with Gasteiger partial charge in [-0.1, -0.05) is 18.3 Å². The van der Waals surface area contributed by atoms with E-state index in [2.05, 4.69) is 26.9 Å². The third kappa shape index (κ3) is 2.89. The van der Waals surface area contributed by atoms with Crippen LogP contribution in [-0.2, 0) is 10.0 Å². The number of halogens is 1. The molecule has 0 bridgehead atoms. The number of anilines is 1. The predicted octanol–water partition coefficient (Wildman–Crippen LogP) is 1.05. The summed E-state index contributed by atoms with van der Waals surface area (Å²) in [5, 5.41) is 0. The summed E-state index contributed by atoms with van der Waals surface area (Å²) in [5.74, 6) is -0.801. The van der Waals surface area contributed by atoms with Crippen LogP contribution < -0.4 is 10.5 Å². The summed E-state index contributed by atoms with van der Waals surface area (Å²) in [5.41, 5.74) is 5.04. The fourth-order valence-electron chi connectivity index (χ4n) is 1.51. The van der Waals surface area contributed by atoms with Crippen LogP contribution in [0.25, 0.3) is 0 Å². The van der Waals surface area contributed by atoms with Crippen molar-refractivity contribution in [3.05, 3.63) is 48.2 Å². The number of hydrogen-bond donors (Lipinski definition) is 2. The smallest absolute Gasteiger partial charge is 0.263 e. The topological polar surface area (TPSA) is 98.0 Å². The van der Waals surface area contributed by atoms with Crippen molar-refractivity contribution in [3.63, 3.8) is 0 Å². The molecule has 9 heteroatoms. The Bertz CT molecular complexity index is 750. The lowest BCUT2D eigenvalue weighted by atomic mass is 10.2. The second-order valence-electron chi connectivity index (χ2n) is 3.67. The van der Waals surface area contributed by atoms with Gasteiger partial charge in [-0.25, -0.2) is 17.8 Å². The predicted molar refractivity (Wildman–Crippen MR) is 75.1 cm³/mol. The van der Waals surface area contributed by atoms with Crippen LogP contribution >= 0.6 is 12.2 Å². The van der Waals surface area contributed by atoms with Gasteiger partial charge in [-0.2, -0.15) is 0 Å². The Morgan fingerprint density at radius 3 is 2.70 bits per heavy atom. The molecule has 104 valence electrons. The molecule has 0 saturated heterocycles. The zero-order valence-corrected chi connectivity index (χ0v) is 11.6. The first-order chi connectivity index (χ1) is 9.42. The van der Waals surface area contributed by atoms with E-state index in [9.17, 15) is 12.8 Å². The maximum absolute atomic E-state index is 13.7. The summed E-state index contributed by atoms with van der Waals surface area (Å²) >= 11 is 4.69. The maximum Gasteiger partial charge on any atom is 0.263 e. The molecule has 6 nitrogen and oxygen atoms in total. The fourth-order valence-corrected chi connectivity index (χ4v) is 3.01. The van der Waals surface area contributed by atoms with Crippen LogP contribution in [0, 0.1) is 5.82 Å². The van der Waals surface area contributed by atoms with Crippen LogP contribution in [0.2, 0.25) is 0 Å². The lowest BCUT2D eigenvalue weighted by Gasteiger charge is -2.11. The SMILES string of the molecule is NC(=S)c1c(F)cccc1S(=O)(=O)Nc1cnccn1. The molecule has 1 aromatic carbocycles. The summed E-state index contributed by atoms with van der Waals surface area (Å²) in [6.45, 7) is 0. The highest BCUT2D eigenvalue weighted by Crippen LogP contribution is 2.21. The van der Waals surface area contributed by atoms with Crippen LogP contribution in [0.15, 0.2) is 41.7 Å². The highest BCUT2D eigenvalue weighted by atomic mass is 32.2. The quantitative estimate of drug-likeness (QED) is 0.819. The molecule has 1 aromatic heterocycles. The van der Waals surface area contributed by atoms with Gasteiger partial charge in [-0.05, 0) is 12.1 Å². The molecule has 0 atom stereocenters. The second kappa shape index (κ2) is 5.47. The summed E-state index contributed by atoms with van der Waals surface area (Å²) in [6, 6.07) is 3.54. The van der Waals surface area contributed by atoms with Crippen molar-refractivity contribution in [2.45, 2.75) is 4.90 Å². The van der Waals surface area contributed by atoms with E-state index in [-0.39, 0.29) is 21.3 Å². The molecule has 0 amide bonds. The highest BCUT2D eigenvalue weighted by molar-refractivity contribution is 7.93. The molecular weight excluding hydrogens is 303 g/mol. The molecular formula is C11H9FN4O2S2. The largest absolute Gasteiger partial charge is 0.389 e. The van der Waals surface area contributed by atoms with E-state index in [1.807, 2.05) is 0 Å². The van der Waals surface area contributed by atoms with Crippen molar-refractivity contribution in [2.24, 2.45) is 5.73 Å². The molecule has 0 saturated carbocycles. The van der Waals surface area contributed by atoms with Gasteiger partial charge in [0, 0.05) is 12.4 Å². The molecule has 0 aliphatic heterocycles. The van der Waals surface area contributed by atoms with Gasteiger partial charge in [0.25, 0.3) is 10.0 Å². The molecule has 2 aromatic rings. The molecule has 1 heterocycles. The van der Waals surface area contributed by atoms with Gasteiger partial charge in [-0.15, -0.1) is 0 Å². The van der Waals surface area contributed by atoms with Gasteiger partial charge < -0.3 is 5.73 Å². The van der Waals surface area contributed by atoms with Crippen molar-refractivity contribution in [1.29, 1.82) is 0 Å². The number of hydrogen-bond acceptors (Lipinski definition) is 5. The van der Waals surface area contributed by atoms with E-state index >= 15 is 0 Å². The number of rotatable bonds is 4. The fraction of sp³-hybridized carbons (Fsp3) is 0. The van der Waals surface area contributed by atoms with Gasteiger partial charge in [0.1, 0.15) is 15.7 Å². The number of benzene rings is 1. The average molecular weight is 312 g/mol. The summed E-state index contributed by atoms with van der Waals surface area (Å²) < 4.78 is 40.3. The van der Waals surface area contributed by atoms with Crippen LogP contribution in [0.3, 0.4) is 0 Å². The van der Waals surface area contributed by atoms with E-state index < -0.39 is 15.8 Å². The Morgan fingerprint density at radius 2 is 2.10 bits per heavy atom. The minimum atomic E-state index is -4.07. The Balaban J connectivity index is 2.50. The number of nitrogens with zero attached hydrogens (tertiary/aromatic N) is 2. The Hall–Kier alpha value is -2.13. The number of nitrogens with two attached hydrogens (primary N) is 1. The highest BCUT2D eigenvalue weighted by Gasteiger charge is 2.23. The maximum atomic E-state index is 13.7. The standard InChI is InChI=1S/C11H9FN4O2S2/c12-7-2-1-3-8(10(7)11(13)19)20(17,18)16-9-6-14-4-5-15-9/h1-6H,(H2,13,19)(H,15,16). The Kier molecular flexibility index (Phi) is 3.91. The Morgan fingerprint density at radius 1 is 1.35 bits per heavy atom. The van der Waals surface area contributed by atoms with Gasteiger partial charge in [0.15, 0.2) is 5.82 Å². The zero-order valence-electron chi connectivity index (χ0n) is 9.95. The van der Waals surface area contributed by atoms with Gasteiger partial charge in [0.2, 0.25) is 0 Å². The summed E-state index contributed by atoms with van der Waals surface area (Å²) in [7, 11) is -4.07. The van der Waals surface area contributed by atoms with Crippen molar-refractivity contribution in [1.82, 2.24) is 9.97 Å². The van der Waals surface area contributed by atoms with Crippen LogP contribution in [0.5, 0.6) is 0 Å². The molecule has 2 rings (SSSR count). The van der Waals surface area contributed by atoms with Crippen LogP contribution in [0.4, 0.5) is 10.2 Å². The van der Waals surface area contributed by atoms with Crippen molar-refractivity contribution in [2.75, 3.05) is 4.72 Å². The number of nitrogens with one attached hydrogen (secondary N) is 1. The van der Waals surface area contributed by atoms with Crippen molar-refractivity contribution >= 4 is 33.0 Å². The molecule has 0 radical (unpaired) electrons. The van der Waals surface area contributed by atoms with Gasteiger partial charge in [0.05, 0.1) is 11.8 Å². The first kappa shape index (κ1) is 14.3. The number of sulfonamides is 1. The molecule has 0 aliphatic rings. The lowest BCUT2D eigenvalue weighted by Crippen LogP contribution is -2.21. The molecule has 20 heavy (non-hydrogen) atoms. The van der Waals surface area contributed by atoms with Crippen molar-refractivity contribution < 1.29 is 12.8 Å². The summed E-state index contributed by atoms with van der Waals surface area (Å²) in [4.78, 5) is 6.80. The van der Waals surface area contributed by atoms with Crippen LogP contribution in [-0.4, -0.2) is 23.4 Å². The third-order valence-corrected chi connectivity index (χ3v) is 3.91. The van der Waals surface area contributed by atoms with Crippen LogP contribution in [0.1, 0.15) is 5.56 Å². The van der Waals surface area contributed by atoms with E-state index in [4.69, 9.17) is 5.73 Å². The molecule has 0 unspecified atom stereocenters. The van der Waals surface area contributed by atoms with E-state index in [1.54, 1.807) is 0 Å². The minimum absolute atomic E-state index is 0.00523. The first-order valence-corrected chi connectivity index (χ1v) is 7.18. The van der Waals surface area contributed by atoms with E-state index in [0.29, 0.717) is 0 Å². The summed E-state index contributed by atoms with van der Waals surface area (Å²) in [6.07, 6.45) is 3.93. The normalized spacial score (nSPS) is 11.1. The van der Waals surface area contributed by atoms with Gasteiger partial charge >= 0.3 is 0 Å². The van der Waals surface area contributed by atoms with E-state index in [1.165, 1.54) is 30.7 Å². The second-order valence-corrected chi connectivity index (χ2v) is 5.76. The van der Waals surface area contributed by atoms with Gasteiger partial charge in [-0.3, -0.25) is 9.71 Å². The molecule has 3 N–H and O–H groups in total. The number of aromatic nitrogens is 2. The average Bonchev–Trinajstić information content (AvgIpc) is 2.38. The number of thiocarbonyl (C=S) groups is 1. The molecule has 0 aliphatic carbocycles. The first-order valence-electron chi connectivity index (χ1n) is 5.29. The van der Waals surface area contributed by atoms with Crippen molar-refractivity contribution in [3.8, 4) is 0 Å². The zero-order chi connectivity index (χ0) is 14.8.